The molecule has 3 aromatic heterocycles. The Labute approximate surface area is 168 Å². The highest BCUT2D eigenvalue weighted by atomic mass is 16.5. The zero-order valence-electron chi connectivity index (χ0n) is 16.7. The van der Waals surface area contributed by atoms with Crippen molar-refractivity contribution in [1.29, 1.82) is 0 Å². The topological polar surface area (TPSA) is 99.4 Å². The number of rotatable bonds is 4. The molecule has 2 N–H and O–H groups in total. The Balaban J connectivity index is 1.41. The lowest BCUT2D eigenvalue weighted by atomic mass is 10.2. The molecule has 0 saturated heterocycles. The number of aromatic nitrogens is 6. The summed E-state index contributed by atoms with van der Waals surface area (Å²) in [5, 5.41) is 10.1. The zero-order valence-corrected chi connectivity index (χ0v) is 16.7. The fraction of sp³-hybridized carbons (Fsp3) is 0.400. The van der Waals surface area contributed by atoms with Crippen LogP contribution >= 0.6 is 0 Å². The summed E-state index contributed by atoms with van der Waals surface area (Å²) in [6.07, 6.45) is 1.84. The number of anilines is 1. The molecule has 0 atom stereocenters. The van der Waals surface area contributed by atoms with Gasteiger partial charge in [0, 0.05) is 38.0 Å². The van der Waals surface area contributed by atoms with Crippen molar-refractivity contribution < 1.29 is 4.74 Å². The predicted octanol–water partition coefficient (Wildman–Crippen LogP) is 1.82. The van der Waals surface area contributed by atoms with Crippen molar-refractivity contribution in [2.45, 2.75) is 32.9 Å². The Morgan fingerprint density at radius 1 is 1.17 bits per heavy atom. The highest BCUT2D eigenvalue weighted by Crippen LogP contribution is 2.27. The van der Waals surface area contributed by atoms with Crippen LogP contribution in [0.3, 0.4) is 0 Å². The second-order valence-electron chi connectivity index (χ2n) is 7.47. The minimum absolute atomic E-state index is 0.310. The summed E-state index contributed by atoms with van der Waals surface area (Å²) in [5.41, 5.74) is 9.92. The molecule has 0 spiro atoms. The van der Waals surface area contributed by atoms with Crippen molar-refractivity contribution in [1.82, 2.24) is 34.3 Å². The number of para-hydroxylation sites is 1. The largest absolute Gasteiger partial charge is 0.494 e. The molecular formula is C20H24N8O. The van der Waals surface area contributed by atoms with Gasteiger partial charge in [0.2, 0.25) is 5.95 Å². The molecule has 0 aliphatic carbocycles. The van der Waals surface area contributed by atoms with Crippen LogP contribution in [0.2, 0.25) is 0 Å². The third-order valence-corrected chi connectivity index (χ3v) is 5.42. The molecule has 150 valence electrons. The fourth-order valence-corrected chi connectivity index (χ4v) is 4.06. The highest BCUT2D eigenvalue weighted by Gasteiger charge is 2.18. The standard InChI is InChI=1S/C20H24N8O/c1-13-11-14-12-26(8-4-9-27(14)24-13)10-7-17-22-19-15-5-3-6-16(29-2)18(15)23-20(21)28(19)25-17/h3,5-6,11H,4,7-10,12H2,1-2H3,(H2,21,23). The summed E-state index contributed by atoms with van der Waals surface area (Å²) in [6.45, 7) is 5.85. The summed E-state index contributed by atoms with van der Waals surface area (Å²) >= 11 is 0. The molecule has 0 unspecified atom stereocenters. The molecule has 4 aromatic rings. The van der Waals surface area contributed by atoms with E-state index in [0.717, 1.165) is 55.9 Å². The number of benzene rings is 1. The van der Waals surface area contributed by atoms with E-state index >= 15 is 0 Å². The maximum absolute atomic E-state index is 6.15. The number of aryl methyl sites for hydroxylation is 2. The summed E-state index contributed by atoms with van der Waals surface area (Å²) < 4.78 is 9.17. The molecular weight excluding hydrogens is 368 g/mol. The van der Waals surface area contributed by atoms with Gasteiger partial charge >= 0.3 is 0 Å². The third-order valence-electron chi connectivity index (χ3n) is 5.42. The Morgan fingerprint density at radius 3 is 2.93 bits per heavy atom. The van der Waals surface area contributed by atoms with Crippen LogP contribution in [0.15, 0.2) is 24.3 Å². The Morgan fingerprint density at radius 2 is 2.07 bits per heavy atom. The van der Waals surface area contributed by atoms with E-state index in [1.807, 2.05) is 25.1 Å². The second kappa shape index (κ2) is 7.00. The van der Waals surface area contributed by atoms with E-state index in [0.29, 0.717) is 22.9 Å². The number of fused-ring (bicyclic) bond motifs is 4. The normalized spacial score (nSPS) is 15.0. The smallest absolute Gasteiger partial charge is 0.223 e. The highest BCUT2D eigenvalue weighted by molar-refractivity contribution is 5.95. The van der Waals surface area contributed by atoms with Crippen molar-refractivity contribution in [3.05, 3.63) is 41.5 Å². The van der Waals surface area contributed by atoms with E-state index in [9.17, 15) is 0 Å². The maximum Gasteiger partial charge on any atom is 0.223 e. The van der Waals surface area contributed by atoms with Crippen LogP contribution < -0.4 is 10.5 Å². The van der Waals surface area contributed by atoms with Crippen molar-refractivity contribution >= 4 is 22.5 Å². The van der Waals surface area contributed by atoms with Gasteiger partial charge in [-0.25, -0.2) is 9.97 Å². The third kappa shape index (κ3) is 3.17. The van der Waals surface area contributed by atoms with Gasteiger partial charge in [-0.3, -0.25) is 9.58 Å². The van der Waals surface area contributed by atoms with Crippen LogP contribution in [-0.4, -0.2) is 54.5 Å². The molecule has 0 radical (unpaired) electrons. The van der Waals surface area contributed by atoms with Gasteiger partial charge < -0.3 is 10.5 Å². The lowest BCUT2D eigenvalue weighted by Gasteiger charge is -2.18. The molecule has 0 bridgehead atoms. The van der Waals surface area contributed by atoms with Crippen LogP contribution in [0.25, 0.3) is 16.6 Å². The number of hydrogen-bond donors (Lipinski definition) is 1. The number of methoxy groups -OCH3 is 1. The first kappa shape index (κ1) is 17.9. The van der Waals surface area contributed by atoms with Crippen molar-refractivity contribution in [2.75, 3.05) is 25.9 Å². The minimum Gasteiger partial charge on any atom is -0.494 e. The quantitative estimate of drug-likeness (QED) is 0.565. The molecule has 1 aromatic carbocycles. The van der Waals surface area contributed by atoms with Gasteiger partial charge in [0.05, 0.1) is 18.5 Å². The van der Waals surface area contributed by atoms with Crippen molar-refractivity contribution in [3.63, 3.8) is 0 Å². The summed E-state index contributed by atoms with van der Waals surface area (Å²) in [4.78, 5) is 11.7. The van der Waals surface area contributed by atoms with E-state index in [-0.39, 0.29) is 0 Å². The zero-order chi connectivity index (χ0) is 20.0. The van der Waals surface area contributed by atoms with Crippen LogP contribution in [0.1, 0.15) is 23.6 Å². The van der Waals surface area contributed by atoms with E-state index < -0.39 is 0 Å². The van der Waals surface area contributed by atoms with Gasteiger partial charge in [-0.05, 0) is 31.5 Å². The first-order valence-electron chi connectivity index (χ1n) is 9.86. The van der Waals surface area contributed by atoms with Crippen molar-refractivity contribution in [2.24, 2.45) is 0 Å². The van der Waals surface area contributed by atoms with Gasteiger partial charge in [0.25, 0.3) is 0 Å². The average molecular weight is 392 g/mol. The molecule has 0 saturated carbocycles. The van der Waals surface area contributed by atoms with Gasteiger partial charge in [0.15, 0.2) is 11.5 Å². The summed E-state index contributed by atoms with van der Waals surface area (Å²) in [7, 11) is 1.63. The molecule has 5 rings (SSSR count). The molecule has 29 heavy (non-hydrogen) atoms. The van der Waals surface area contributed by atoms with Crippen LogP contribution in [0.5, 0.6) is 5.75 Å². The van der Waals surface area contributed by atoms with E-state index in [4.69, 9.17) is 15.5 Å². The Kier molecular flexibility index (Phi) is 4.31. The van der Waals surface area contributed by atoms with Crippen molar-refractivity contribution in [3.8, 4) is 5.75 Å². The Hall–Kier alpha value is -3.20. The monoisotopic (exact) mass is 392 g/mol. The lowest BCUT2D eigenvalue weighted by Crippen LogP contribution is -2.26. The molecule has 1 aliphatic heterocycles. The second-order valence-corrected chi connectivity index (χ2v) is 7.47. The van der Waals surface area contributed by atoms with Gasteiger partial charge in [-0.15, -0.1) is 5.10 Å². The first-order chi connectivity index (χ1) is 14.1. The van der Waals surface area contributed by atoms with E-state index in [1.165, 1.54) is 5.69 Å². The SMILES string of the molecule is COc1cccc2c1nc(N)n1nc(CCN3CCCn4nc(C)cc4C3)nc21. The average Bonchev–Trinajstić information content (AvgIpc) is 3.24. The molecule has 0 amide bonds. The molecule has 9 nitrogen and oxygen atoms in total. The number of ether oxygens (including phenoxy) is 1. The van der Waals surface area contributed by atoms with Crippen LogP contribution in [0, 0.1) is 6.92 Å². The van der Waals surface area contributed by atoms with E-state index in [2.05, 4.69) is 30.8 Å². The van der Waals surface area contributed by atoms with Crippen LogP contribution in [-0.2, 0) is 19.5 Å². The van der Waals surface area contributed by atoms with Crippen LogP contribution in [0.4, 0.5) is 5.95 Å². The number of nitrogens with zero attached hydrogens (tertiary/aromatic N) is 7. The van der Waals surface area contributed by atoms with Gasteiger partial charge in [-0.2, -0.15) is 9.61 Å². The van der Waals surface area contributed by atoms with Gasteiger partial charge in [0.1, 0.15) is 11.3 Å². The predicted molar refractivity (Wildman–Crippen MR) is 110 cm³/mol. The Bertz CT molecular complexity index is 1190. The molecule has 4 heterocycles. The molecule has 0 fully saturated rings. The minimum atomic E-state index is 0.310. The molecule has 9 heteroatoms. The summed E-state index contributed by atoms with van der Waals surface area (Å²) in [6, 6.07) is 7.94. The fourth-order valence-electron chi connectivity index (χ4n) is 4.06. The number of nitrogens with two attached hydrogens (primary N) is 1. The summed E-state index contributed by atoms with van der Waals surface area (Å²) in [5.74, 6) is 1.75. The van der Waals surface area contributed by atoms with Gasteiger partial charge in [-0.1, -0.05) is 6.07 Å². The molecule has 1 aliphatic rings. The first-order valence-corrected chi connectivity index (χ1v) is 9.86. The maximum atomic E-state index is 6.15. The number of hydrogen-bond acceptors (Lipinski definition) is 7. The number of nitrogen functional groups attached to an aromatic ring is 1. The van der Waals surface area contributed by atoms with E-state index in [1.54, 1.807) is 11.6 Å². The lowest BCUT2D eigenvalue weighted by molar-refractivity contribution is 0.271.